The number of amides is 1. The van der Waals surface area contributed by atoms with Gasteiger partial charge >= 0.3 is 5.97 Å². The first kappa shape index (κ1) is 35.5. The third kappa shape index (κ3) is 9.87. The minimum atomic E-state index is -0.992. The van der Waals surface area contributed by atoms with Crippen LogP contribution in [0.1, 0.15) is 66.0 Å². The molecule has 1 aromatic heterocycles. The van der Waals surface area contributed by atoms with Crippen LogP contribution in [0.4, 0.5) is 0 Å². The Bertz CT molecular complexity index is 1860. The van der Waals surface area contributed by atoms with Crippen LogP contribution in [0, 0.1) is 0 Å². The molecule has 0 aliphatic rings. The van der Waals surface area contributed by atoms with Gasteiger partial charge in [-0.2, -0.15) is 0 Å². The average molecular weight is 701 g/mol. The third-order valence-electron chi connectivity index (χ3n) is 8.14. The van der Waals surface area contributed by atoms with Crippen LogP contribution in [-0.4, -0.2) is 33.6 Å². The molecule has 8 nitrogen and oxygen atoms in total. The van der Waals surface area contributed by atoms with Gasteiger partial charge in [-0.3, -0.25) is 4.79 Å². The zero-order valence-electron chi connectivity index (χ0n) is 27.5. The van der Waals surface area contributed by atoms with Gasteiger partial charge in [0.25, 0.3) is 0 Å². The number of carboxylic acid groups (broad SMARTS) is 1. The number of hydrogen-bond acceptors (Lipinski definition) is 5. The molecule has 10 heteroatoms. The van der Waals surface area contributed by atoms with Crippen LogP contribution in [-0.2, 0) is 24.2 Å². The summed E-state index contributed by atoms with van der Waals surface area (Å²) in [7, 11) is 1.64. The fraction of sp³-hybridized carbons (Fsp3) is 0.256. The summed E-state index contributed by atoms with van der Waals surface area (Å²) < 4.78 is 13.3. The summed E-state index contributed by atoms with van der Waals surface area (Å²) in [6.07, 6.45) is 6.26. The smallest absolute Gasteiger partial charge is 0.335 e. The van der Waals surface area contributed by atoms with E-state index in [0.29, 0.717) is 46.5 Å². The summed E-state index contributed by atoms with van der Waals surface area (Å²) in [5.41, 5.74) is 3.79. The number of nitrogens with zero attached hydrogens (tertiary/aromatic N) is 2. The first-order valence-corrected chi connectivity index (χ1v) is 17.0. The normalized spacial score (nSPS) is 11.6. The molecular formula is C39H39Cl2N3O5. The lowest BCUT2D eigenvalue weighted by Gasteiger charge is -2.20. The molecule has 0 aliphatic carbocycles. The molecule has 1 heterocycles. The van der Waals surface area contributed by atoms with Crippen LogP contribution in [0.25, 0.3) is 11.3 Å². The molecule has 1 atom stereocenters. The molecule has 4 aromatic carbocycles. The molecule has 254 valence electrons. The van der Waals surface area contributed by atoms with Gasteiger partial charge in [0, 0.05) is 29.7 Å². The Morgan fingerprint density at radius 2 is 1.53 bits per heavy atom. The lowest BCUT2D eigenvalue weighted by Crippen LogP contribution is -2.32. The summed E-state index contributed by atoms with van der Waals surface area (Å²) in [6.45, 7) is 2.88. The highest BCUT2D eigenvalue weighted by molar-refractivity contribution is 6.36. The number of halogens is 2. The molecule has 0 spiro atoms. The van der Waals surface area contributed by atoms with Crippen LogP contribution < -0.4 is 14.8 Å². The Morgan fingerprint density at radius 1 is 0.878 bits per heavy atom. The topological polar surface area (TPSA) is 103 Å². The molecule has 5 rings (SSSR count). The van der Waals surface area contributed by atoms with E-state index >= 15 is 0 Å². The van der Waals surface area contributed by atoms with Crippen molar-refractivity contribution in [1.82, 2.24) is 14.9 Å². The standard InChI is InChI=1S/C39H39Cl2N3O5/c1-3-4-22-44-25-36(33-21-14-29(40)24-34(33)41)43-38(44)35(42-37(45)7-5-6-26-8-15-30(48-2)16-9-26)23-27-10-17-31(18-11-27)49-32-19-12-28(13-20-32)39(46)47/h8-21,24-25,35H,3-7,22-23H2,1-2H3,(H,42,45)(H,46,47)/t35-/m0/s1. The van der Waals surface area contributed by atoms with E-state index in [1.807, 2.05) is 60.8 Å². The van der Waals surface area contributed by atoms with E-state index in [0.717, 1.165) is 54.1 Å². The van der Waals surface area contributed by atoms with Crippen molar-refractivity contribution < 1.29 is 24.2 Å². The van der Waals surface area contributed by atoms with E-state index < -0.39 is 12.0 Å². The first-order chi connectivity index (χ1) is 23.7. The molecule has 0 unspecified atom stereocenters. The minimum absolute atomic E-state index is 0.0561. The fourth-order valence-electron chi connectivity index (χ4n) is 5.49. The van der Waals surface area contributed by atoms with Crippen molar-refractivity contribution in [2.45, 2.75) is 58.0 Å². The van der Waals surface area contributed by atoms with Gasteiger partial charge < -0.3 is 24.5 Å². The maximum atomic E-state index is 13.5. The molecule has 0 fully saturated rings. The van der Waals surface area contributed by atoms with Gasteiger partial charge in [-0.1, -0.05) is 60.8 Å². The lowest BCUT2D eigenvalue weighted by atomic mass is 10.0. The van der Waals surface area contributed by atoms with E-state index in [1.165, 1.54) is 12.1 Å². The van der Waals surface area contributed by atoms with Crippen molar-refractivity contribution in [2.75, 3.05) is 7.11 Å². The molecule has 2 N–H and O–H groups in total. The van der Waals surface area contributed by atoms with E-state index in [1.54, 1.807) is 31.4 Å². The van der Waals surface area contributed by atoms with Crippen LogP contribution in [0.3, 0.4) is 0 Å². The van der Waals surface area contributed by atoms with E-state index in [4.69, 9.17) is 42.8 Å². The third-order valence-corrected chi connectivity index (χ3v) is 8.69. The molecular weight excluding hydrogens is 661 g/mol. The second-order valence-electron chi connectivity index (χ2n) is 11.8. The second-order valence-corrected chi connectivity index (χ2v) is 12.6. The maximum Gasteiger partial charge on any atom is 0.335 e. The Labute approximate surface area is 296 Å². The number of imidazole rings is 1. The van der Waals surface area contributed by atoms with Gasteiger partial charge in [0.1, 0.15) is 23.1 Å². The van der Waals surface area contributed by atoms with Crippen molar-refractivity contribution >= 4 is 35.1 Å². The number of carbonyl (C=O) groups excluding carboxylic acids is 1. The number of ether oxygens (including phenoxy) is 2. The highest BCUT2D eigenvalue weighted by Gasteiger charge is 2.23. The number of aryl methyl sites for hydroxylation is 2. The van der Waals surface area contributed by atoms with E-state index in [2.05, 4.69) is 16.8 Å². The van der Waals surface area contributed by atoms with Crippen molar-refractivity contribution in [3.8, 4) is 28.5 Å². The minimum Gasteiger partial charge on any atom is -0.497 e. The van der Waals surface area contributed by atoms with Crippen molar-refractivity contribution in [3.05, 3.63) is 130 Å². The van der Waals surface area contributed by atoms with Gasteiger partial charge in [0.15, 0.2) is 0 Å². The second kappa shape index (κ2) is 17.0. The number of hydrogen-bond donors (Lipinski definition) is 2. The summed E-state index contributed by atoms with van der Waals surface area (Å²) in [5, 5.41) is 13.5. The monoisotopic (exact) mass is 699 g/mol. The molecule has 49 heavy (non-hydrogen) atoms. The zero-order chi connectivity index (χ0) is 34.8. The molecule has 0 bridgehead atoms. The largest absolute Gasteiger partial charge is 0.497 e. The van der Waals surface area contributed by atoms with E-state index in [9.17, 15) is 9.59 Å². The number of methoxy groups -OCH3 is 1. The molecule has 0 aliphatic heterocycles. The van der Waals surface area contributed by atoms with Crippen LogP contribution in [0.15, 0.2) is 97.2 Å². The molecule has 1 amide bonds. The summed E-state index contributed by atoms with van der Waals surface area (Å²) in [4.78, 5) is 29.7. The number of aromatic carboxylic acids is 1. The first-order valence-electron chi connectivity index (χ1n) is 16.3. The fourth-order valence-corrected chi connectivity index (χ4v) is 6.00. The van der Waals surface area contributed by atoms with Crippen molar-refractivity contribution in [2.24, 2.45) is 0 Å². The van der Waals surface area contributed by atoms with Crippen molar-refractivity contribution in [3.63, 3.8) is 0 Å². The molecule has 0 saturated heterocycles. The van der Waals surface area contributed by atoms with Crippen LogP contribution in [0.5, 0.6) is 17.2 Å². The Hall–Kier alpha value is -4.79. The zero-order valence-corrected chi connectivity index (χ0v) is 29.0. The number of nitrogens with one attached hydrogen (secondary N) is 1. The Kier molecular flexibility index (Phi) is 12.4. The number of aromatic nitrogens is 2. The molecule has 0 saturated carbocycles. The quantitative estimate of drug-likeness (QED) is 0.106. The number of benzene rings is 4. The summed E-state index contributed by atoms with van der Waals surface area (Å²) in [6, 6.07) is 26.7. The number of rotatable bonds is 16. The SMILES string of the molecule is CCCCn1cc(-c2ccc(Cl)cc2Cl)nc1[C@H](Cc1ccc(Oc2ccc(C(=O)O)cc2)cc1)NC(=O)CCCc1ccc(OC)cc1. The number of unbranched alkanes of at least 4 members (excludes halogenated alkanes) is 1. The van der Waals surface area contributed by atoms with Gasteiger partial charge in [-0.25, -0.2) is 9.78 Å². The van der Waals surface area contributed by atoms with Crippen LogP contribution in [0.2, 0.25) is 10.0 Å². The molecule has 5 aromatic rings. The predicted molar refractivity (Wildman–Crippen MR) is 193 cm³/mol. The summed E-state index contributed by atoms with van der Waals surface area (Å²) >= 11 is 12.8. The summed E-state index contributed by atoms with van der Waals surface area (Å²) in [5.74, 6) is 1.64. The van der Waals surface area contributed by atoms with Gasteiger partial charge in [-0.05, 0) is 104 Å². The highest BCUT2D eigenvalue weighted by atomic mass is 35.5. The average Bonchev–Trinajstić information content (AvgIpc) is 3.52. The van der Waals surface area contributed by atoms with Crippen molar-refractivity contribution in [1.29, 1.82) is 0 Å². The Balaban J connectivity index is 1.37. The van der Waals surface area contributed by atoms with Crippen LogP contribution >= 0.6 is 23.2 Å². The number of carbonyl (C=O) groups is 2. The van der Waals surface area contributed by atoms with E-state index in [-0.39, 0.29) is 11.5 Å². The number of carboxylic acids is 1. The lowest BCUT2D eigenvalue weighted by molar-refractivity contribution is -0.122. The Morgan fingerprint density at radius 3 is 2.16 bits per heavy atom. The van der Waals surface area contributed by atoms with Gasteiger partial charge in [0.2, 0.25) is 5.91 Å². The van der Waals surface area contributed by atoms with Gasteiger partial charge in [-0.15, -0.1) is 0 Å². The molecule has 0 radical (unpaired) electrons. The predicted octanol–water partition coefficient (Wildman–Crippen LogP) is 9.58. The highest BCUT2D eigenvalue weighted by Crippen LogP contribution is 2.32. The van der Waals surface area contributed by atoms with Gasteiger partial charge in [0.05, 0.1) is 29.4 Å². The maximum absolute atomic E-state index is 13.5.